The normalized spacial score (nSPS) is 12.1. The topological polar surface area (TPSA) is 66.6 Å². The highest BCUT2D eigenvalue weighted by Crippen LogP contribution is 2.32. The average Bonchev–Trinajstić information content (AvgIpc) is 2.97. The molecule has 0 amide bonds. The van der Waals surface area contributed by atoms with Crippen molar-refractivity contribution in [3.05, 3.63) is 56.3 Å². The minimum atomic E-state index is -0.717. The first-order valence-electron chi connectivity index (χ1n) is 6.76. The van der Waals surface area contributed by atoms with Crippen LogP contribution in [0.3, 0.4) is 0 Å². The minimum Gasteiger partial charge on any atom is -0.389 e. The summed E-state index contributed by atoms with van der Waals surface area (Å²) in [4.78, 5) is 14.1. The summed E-state index contributed by atoms with van der Waals surface area (Å²) in [7, 11) is 0. The fourth-order valence-electron chi connectivity index (χ4n) is 2.17. The van der Waals surface area contributed by atoms with Gasteiger partial charge in [-0.05, 0) is 36.9 Å². The largest absolute Gasteiger partial charge is 0.389 e. The van der Waals surface area contributed by atoms with Crippen LogP contribution >= 0.6 is 11.3 Å². The highest BCUT2D eigenvalue weighted by atomic mass is 32.1. The fourth-order valence-corrected chi connectivity index (χ4v) is 2.89. The van der Waals surface area contributed by atoms with Gasteiger partial charge in [-0.1, -0.05) is 12.1 Å². The predicted molar refractivity (Wildman–Crippen MR) is 84.8 cm³/mol. The van der Waals surface area contributed by atoms with E-state index in [0.717, 1.165) is 4.88 Å². The van der Waals surface area contributed by atoms with Gasteiger partial charge in [-0.3, -0.25) is 10.1 Å². The van der Waals surface area contributed by atoms with Gasteiger partial charge in [-0.25, -0.2) is 0 Å². The Labute approximate surface area is 127 Å². The Morgan fingerprint density at radius 2 is 2.19 bits per heavy atom. The lowest BCUT2D eigenvalue weighted by Crippen LogP contribution is -2.22. The molecule has 2 aromatic rings. The molecule has 0 unspecified atom stereocenters. The fraction of sp³-hybridized carbons (Fsp3) is 0.333. The molecule has 0 fully saturated rings. The third kappa shape index (κ3) is 3.59. The first-order valence-corrected chi connectivity index (χ1v) is 7.64. The molecule has 0 aliphatic rings. The van der Waals surface area contributed by atoms with Gasteiger partial charge in [0.2, 0.25) is 0 Å². The van der Waals surface area contributed by atoms with Gasteiger partial charge in [0.15, 0.2) is 0 Å². The number of aliphatic hydroxyl groups excluding tert-OH is 1. The number of rotatable bonds is 6. The van der Waals surface area contributed by atoms with Gasteiger partial charge in [0.1, 0.15) is 5.69 Å². The molecule has 0 aliphatic heterocycles. The van der Waals surface area contributed by atoms with Gasteiger partial charge in [-0.2, -0.15) is 0 Å². The lowest BCUT2D eigenvalue weighted by Gasteiger charge is -2.22. The van der Waals surface area contributed by atoms with Crippen molar-refractivity contribution in [3.8, 4) is 0 Å². The number of nitro benzene ring substituents is 1. The molecular formula is C15H18N2O3S. The van der Waals surface area contributed by atoms with Crippen LogP contribution < -0.4 is 4.90 Å². The summed E-state index contributed by atoms with van der Waals surface area (Å²) in [5, 5.41) is 22.9. The number of hydrogen-bond acceptors (Lipinski definition) is 5. The number of hydrogen-bond donors (Lipinski definition) is 1. The number of aliphatic hydroxyl groups is 1. The van der Waals surface area contributed by atoms with Crippen molar-refractivity contribution >= 4 is 22.7 Å². The molecule has 1 N–H and O–H groups in total. The van der Waals surface area contributed by atoms with E-state index in [4.69, 9.17) is 0 Å². The molecule has 1 atom stereocenters. The average molecular weight is 306 g/mol. The van der Waals surface area contributed by atoms with Gasteiger partial charge in [0.25, 0.3) is 5.69 Å². The van der Waals surface area contributed by atoms with E-state index < -0.39 is 11.0 Å². The van der Waals surface area contributed by atoms with Crippen molar-refractivity contribution in [1.82, 2.24) is 0 Å². The molecule has 2 rings (SSSR count). The summed E-state index contributed by atoms with van der Waals surface area (Å²) in [6.07, 6.45) is -0.717. The molecule has 0 bridgehead atoms. The standard InChI is InChI=1S/C15H18N2O3S/c1-3-16(10-13-5-4-8-21-13)14-7-6-12(11(2)18)9-15(14)17(19)20/h4-9,11,18H,3,10H2,1-2H3/t11-/m0/s1. The number of thiophene rings is 1. The van der Waals surface area contributed by atoms with Gasteiger partial charge in [0, 0.05) is 17.5 Å². The maximum atomic E-state index is 11.3. The third-order valence-corrected chi connectivity index (χ3v) is 4.19. The lowest BCUT2D eigenvalue weighted by molar-refractivity contribution is -0.384. The van der Waals surface area contributed by atoms with Crippen molar-refractivity contribution in [2.24, 2.45) is 0 Å². The number of nitrogens with zero attached hydrogens (tertiary/aromatic N) is 2. The molecule has 6 heteroatoms. The van der Waals surface area contributed by atoms with Crippen molar-refractivity contribution in [2.45, 2.75) is 26.5 Å². The molecule has 5 nitrogen and oxygen atoms in total. The van der Waals surface area contributed by atoms with Crippen LogP contribution in [0.15, 0.2) is 35.7 Å². The SMILES string of the molecule is CCN(Cc1cccs1)c1ccc([C@H](C)O)cc1[N+](=O)[O-]. The van der Waals surface area contributed by atoms with Crippen molar-refractivity contribution in [3.63, 3.8) is 0 Å². The molecule has 0 saturated carbocycles. The van der Waals surface area contributed by atoms with E-state index in [9.17, 15) is 15.2 Å². The van der Waals surface area contributed by atoms with E-state index in [1.54, 1.807) is 30.4 Å². The molecule has 0 saturated heterocycles. The lowest BCUT2D eigenvalue weighted by atomic mass is 10.1. The second-order valence-corrected chi connectivity index (χ2v) is 5.81. The quantitative estimate of drug-likeness (QED) is 0.652. The Kier molecular flexibility index (Phi) is 4.93. The summed E-state index contributed by atoms with van der Waals surface area (Å²) in [6.45, 7) is 4.89. The van der Waals surface area contributed by atoms with Crippen LogP contribution in [0.4, 0.5) is 11.4 Å². The van der Waals surface area contributed by atoms with E-state index >= 15 is 0 Å². The molecule has 1 aromatic carbocycles. The first kappa shape index (κ1) is 15.5. The Morgan fingerprint density at radius 3 is 2.71 bits per heavy atom. The maximum absolute atomic E-state index is 11.3. The Morgan fingerprint density at radius 1 is 1.43 bits per heavy atom. The van der Waals surface area contributed by atoms with Gasteiger partial charge < -0.3 is 10.0 Å². The van der Waals surface area contributed by atoms with Crippen LogP contribution in [0.25, 0.3) is 0 Å². The number of benzene rings is 1. The number of nitro groups is 1. The number of anilines is 1. The first-order chi connectivity index (χ1) is 10.0. The van der Waals surface area contributed by atoms with Gasteiger partial charge >= 0.3 is 0 Å². The van der Waals surface area contributed by atoms with Crippen LogP contribution in [0.1, 0.15) is 30.4 Å². The smallest absolute Gasteiger partial charge is 0.292 e. The van der Waals surface area contributed by atoms with E-state index in [-0.39, 0.29) is 5.69 Å². The summed E-state index contributed by atoms with van der Waals surface area (Å²) in [5.74, 6) is 0. The highest BCUT2D eigenvalue weighted by molar-refractivity contribution is 7.09. The second kappa shape index (κ2) is 6.69. The molecule has 0 spiro atoms. The van der Waals surface area contributed by atoms with E-state index in [0.29, 0.717) is 24.3 Å². The van der Waals surface area contributed by atoms with Gasteiger partial charge in [0.05, 0.1) is 17.6 Å². The predicted octanol–water partition coefficient (Wildman–Crippen LogP) is 3.74. The minimum absolute atomic E-state index is 0.0341. The van der Waals surface area contributed by atoms with Gasteiger partial charge in [-0.15, -0.1) is 11.3 Å². The summed E-state index contributed by atoms with van der Waals surface area (Å²) < 4.78 is 0. The maximum Gasteiger partial charge on any atom is 0.292 e. The second-order valence-electron chi connectivity index (χ2n) is 4.77. The molecule has 112 valence electrons. The molecule has 1 heterocycles. The summed E-state index contributed by atoms with van der Waals surface area (Å²) in [6, 6.07) is 8.90. The zero-order valence-electron chi connectivity index (χ0n) is 12.0. The molecule has 1 aromatic heterocycles. The van der Waals surface area contributed by atoms with E-state index in [1.165, 1.54) is 6.07 Å². The monoisotopic (exact) mass is 306 g/mol. The molecule has 21 heavy (non-hydrogen) atoms. The molecule has 0 radical (unpaired) electrons. The van der Waals surface area contributed by atoms with Crippen molar-refractivity contribution in [2.75, 3.05) is 11.4 Å². The van der Waals surface area contributed by atoms with Crippen LogP contribution in [-0.2, 0) is 6.54 Å². The Balaban J connectivity index is 2.38. The Bertz CT molecular complexity index is 611. The highest BCUT2D eigenvalue weighted by Gasteiger charge is 2.20. The van der Waals surface area contributed by atoms with Crippen molar-refractivity contribution < 1.29 is 10.0 Å². The van der Waals surface area contributed by atoms with E-state index in [2.05, 4.69) is 0 Å². The van der Waals surface area contributed by atoms with Crippen LogP contribution in [0.5, 0.6) is 0 Å². The zero-order valence-corrected chi connectivity index (χ0v) is 12.8. The van der Waals surface area contributed by atoms with Crippen LogP contribution in [-0.4, -0.2) is 16.6 Å². The summed E-state index contributed by atoms with van der Waals surface area (Å²) >= 11 is 1.63. The van der Waals surface area contributed by atoms with Crippen LogP contribution in [0, 0.1) is 10.1 Å². The van der Waals surface area contributed by atoms with Crippen molar-refractivity contribution in [1.29, 1.82) is 0 Å². The molecular weight excluding hydrogens is 288 g/mol. The third-order valence-electron chi connectivity index (χ3n) is 3.33. The zero-order chi connectivity index (χ0) is 15.4. The Hall–Kier alpha value is -1.92. The van der Waals surface area contributed by atoms with E-state index in [1.807, 2.05) is 29.3 Å². The molecule has 0 aliphatic carbocycles. The van der Waals surface area contributed by atoms with Crippen LogP contribution in [0.2, 0.25) is 0 Å². The summed E-state index contributed by atoms with van der Waals surface area (Å²) in [5.41, 5.74) is 1.17.